The number of halogens is 1. The van der Waals surface area contributed by atoms with Gasteiger partial charge in [0.15, 0.2) is 0 Å². The van der Waals surface area contributed by atoms with E-state index in [1.165, 1.54) is 25.9 Å². The average Bonchev–Trinajstić information content (AvgIpc) is 2.31. The predicted molar refractivity (Wildman–Crippen MR) is 50.2 cm³/mol. The average molecular weight is 176 g/mol. The van der Waals surface area contributed by atoms with E-state index in [2.05, 4.69) is 18.7 Å². The van der Waals surface area contributed by atoms with Crippen molar-refractivity contribution in [1.82, 2.24) is 4.90 Å². The summed E-state index contributed by atoms with van der Waals surface area (Å²) < 4.78 is 0. The van der Waals surface area contributed by atoms with Gasteiger partial charge in [0, 0.05) is 11.9 Å². The van der Waals surface area contributed by atoms with Gasteiger partial charge in [0.05, 0.1) is 0 Å². The molecular weight excluding hydrogens is 158 g/mol. The van der Waals surface area contributed by atoms with Gasteiger partial charge in [-0.2, -0.15) is 0 Å². The molecule has 0 aromatic heterocycles. The molecular formula is C9H18ClN. The minimum Gasteiger partial charge on any atom is -0.302 e. The van der Waals surface area contributed by atoms with Crippen molar-refractivity contribution < 1.29 is 0 Å². The molecule has 1 rings (SSSR count). The number of rotatable bonds is 3. The predicted octanol–water partition coefficient (Wildman–Crippen LogP) is 2.35. The van der Waals surface area contributed by atoms with Crippen LogP contribution >= 0.6 is 11.6 Å². The Kier molecular flexibility index (Phi) is 3.67. The number of likely N-dealkylation sites (tertiary alicyclic amines) is 1. The van der Waals surface area contributed by atoms with Crippen LogP contribution in [0.4, 0.5) is 0 Å². The zero-order valence-corrected chi connectivity index (χ0v) is 8.27. The molecule has 1 aliphatic heterocycles. The van der Waals surface area contributed by atoms with Crippen LogP contribution in [-0.4, -0.2) is 29.9 Å². The molecule has 0 aromatic rings. The molecule has 0 aliphatic carbocycles. The first kappa shape index (κ1) is 9.34. The standard InChI is InChI=1S/C9H18ClN/c1-8(2)3-5-11-6-4-9(10)7-11/h8-9H,3-7H2,1-2H3. The van der Waals surface area contributed by atoms with E-state index in [1.54, 1.807) is 0 Å². The Hall–Kier alpha value is 0.250. The highest BCUT2D eigenvalue weighted by Crippen LogP contribution is 2.15. The number of alkyl halides is 1. The lowest BCUT2D eigenvalue weighted by Gasteiger charge is -2.15. The van der Waals surface area contributed by atoms with Gasteiger partial charge < -0.3 is 4.90 Å². The third-order valence-electron chi connectivity index (χ3n) is 2.24. The van der Waals surface area contributed by atoms with Gasteiger partial charge in [-0.1, -0.05) is 13.8 Å². The molecule has 0 N–H and O–H groups in total. The van der Waals surface area contributed by atoms with Gasteiger partial charge in [-0.05, 0) is 31.8 Å². The summed E-state index contributed by atoms with van der Waals surface area (Å²) in [6, 6.07) is 0. The van der Waals surface area contributed by atoms with Crippen LogP contribution in [0.1, 0.15) is 26.7 Å². The van der Waals surface area contributed by atoms with E-state index in [0.29, 0.717) is 5.38 Å². The van der Waals surface area contributed by atoms with Gasteiger partial charge in [0.25, 0.3) is 0 Å². The highest BCUT2D eigenvalue weighted by Gasteiger charge is 2.19. The van der Waals surface area contributed by atoms with Crippen molar-refractivity contribution in [3.63, 3.8) is 0 Å². The van der Waals surface area contributed by atoms with E-state index < -0.39 is 0 Å². The SMILES string of the molecule is CC(C)CCN1CCC(Cl)C1. The summed E-state index contributed by atoms with van der Waals surface area (Å²) >= 11 is 5.98. The fraction of sp³-hybridized carbons (Fsp3) is 1.00. The number of hydrogen-bond donors (Lipinski definition) is 0. The Morgan fingerprint density at radius 2 is 2.27 bits per heavy atom. The minimum atomic E-state index is 0.419. The fourth-order valence-corrected chi connectivity index (χ4v) is 1.72. The molecule has 0 radical (unpaired) electrons. The zero-order chi connectivity index (χ0) is 8.27. The Balaban J connectivity index is 2.08. The van der Waals surface area contributed by atoms with Crippen LogP contribution in [-0.2, 0) is 0 Å². The summed E-state index contributed by atoms with van der Waals surface area (Å²) in [5.41, 5.74) is 0. The van der Waals surface area contributed by atoms with E-state index in [9.17, 15) is 0 Å². The molecule has 66 valence electrons. The molecule has 1 aliphatic rings. The number of nitrogens with zero attached hydrogens (tertiary/aromatic N) is 1. The highest BCUT2D eigenvalue weighted by atomic mass is 35.5. The molecule has 1 heterocycles. The lowest BCUT2D eigenvalue weighted by molar-refractivity contribution is 0.314. The first-order valence-electron chi connectivity index (χ1n) is 4.55. The molecule has 1 unspecified atom stereocenters. The van der Waals surface area contributed by atoms with Crippen LogP contribution in [0.3, 0.4) is 0 Å². The second-order valence-corrected chi connectivity index (χ2v) is 4.49. The normalized spacial score (nSPS) is 26.7. The molecule has 1 nitrogen and oxygen atoms in total. The van der Waals surface area contributed by atoms with Gasteiger partial charge in [-0.25, -0.2) is 0 Å². The van der Waals surface area contributed by atoms with Crippen LogP contribution in [0.5, 0.6) is 0 Å². The van der Waals surface area contributed by atoms with E-state index in [0.717, 1.165) is 12.5 Å². The third kappa shape index (κ3) is 3.44. The van der Waals surface area contributed by atoms with Crippen LogP contribution in [0.15, 0.2) is 0 Å². The van der Waals surface area contributed by atoms with E-state index in [4.69, 9.17) is 11.6 Å². The van der Waals surface area contributed by atoms with Gasteiger partial charge in [-0.15, -0.1) is 11.6 Å². The van der Waals surface area contributed by atoms with Gasteiger partial charge >= 0.3 is 0 Å². The largest absolute Gasteiger partial charge is 0.302 e. The second-order valence-electron chi connectivity index (χ2n) is 3.87. The van der Waals surface area contributed by atoms with Crippen molar-refractivity contribution >= 4 is 11.6 Å². The van der Waals surface area contributed by atoms with E-state index in [-0.39, 0.29) is 0 Å². The van der Waals surface area contributed by atoms with Gasteiger partial charge in [0.1, 0.15) is 0 Å². The van der Waals surface area contributed by atoms with Crippen molar-refractivity contribution in [3.8, 4) is 0 Å². The molecule has 0 spiro atoms. The molecule has 0 bridgehead atoms. The fourth-order valence-electron chi connectivity index (χ4n) is 1.43. The molecule has 0 aromatic carbocycles. The maximum absolute atomic E-state index is 5.98. The summed E-state index contributed by atoms with van der Waals surface area (Å²) in [5, 5.41) is 0.419. The van der Waals surface area contributed by atoms with Crippen LogP contribution in [0.25, 0.3) is 0 Å². The van der Waals surface area contributed by atoms with Crippen LogP contribution < -0.4 is 0 Å². The van der Waals surface area contributed by atoms with Gasteiger partial charge in [-0.3, -0.25) is 0 Å². The minimum absolute atomic E-state index is 0.419. The Morgan fingerprint density at radius 1 is 1.55 bits per heavy atom. The van der Waals surface area contributed by atoms with Crippen molar-refractivity contribution in [2.24, 2.45) is 5.92 Å². The van der Waals surface area contributed by atoms with Crippen molar-refractivity contribution in [3.05, 3.63) is 0 Å². The molecule has 1 atom stereocenters. The van der Waals surface area contributed by atoms with Crippen molar-refractivity contribution in [1.29, 1.82) is 0 Å². The Morgan fingerprint density at radius 3 is 2.73 bits per heavy atom. The summed E-state index contributed by atoms with van der Waals surface area (Å²) in [7, 11) is 0. The molecule has 1 saturated heterocycles. The van der Waals surface area contributed by atoms with E-state index in [1.807, 2.05) is 0 Å². The second kappa shape index (κ2) is 4.32. The van der Waals surface area contributed by atoms with Crippen LogP contribution in [0.2, 0.25) is 0 Å². The zero-order valence-electron chi connectivity index (χ0n) is 7.52. The third-order valence-corrected chi connectivity index (χ3v) is 2.59. The Bertz CT molecular complexity index is 114. The maximum Gasteiger partial charge on any atom is 0.0475 e. The smallest absolute Gasteiger partial charge is 0.0475 e. The summed E-state index contributed by atoms with van der Waals surface area (Å²) in [6.45, 7) is 8.10. The lowest BCUT2D eigenvalue weighted by atomic mass is 10.1. The summed E-state index contributed by atoms with van der Waals surface area (Å²) in [6.07, 6.45) is 2.49. The quantitative estimate of drug-likeness (QED) is 0.596. The summed E-state index contributed by atoms with van der Waals surface area (Å²) in [5.74, 6) is 0.823. The Labute approximate surface area is 74.7 Å². The molecule has 11 heavy (non-hydrogen) atoms. The summed E-state index contributed by atoms with van der Waals surface area (Å²) in [4.78, 5) is 2.47. The maximum atomic E-state index is 5.98. The molecule has 2 heteroatoms. The molecule has 0 amide bonds. The monoisotopic (exact) mass is 175 g/mol. The molecule has 0 saturated carbocycles. The van der Waals surface area contributed by atoms with Crippen LogP contribution in [0, 0.1) is 5.92 Å². The topological polar surface area (TPSA) is 3.24 Å². The number of hydrogen-bond acceptors (Lipinski definition) is 1. The van der Waals surface area contributed by atoms with Gasteiger partial charge in [0.2, 0.25) is 0 Å². The molecule has 1 fully saturated rings. The van der Waals surface area contributed by atoms with Crippen molar-refractivity contribution in [2.75, 3.05) is 19.6 Å². The van der Waals surface area contributed by atoms with Crippen molar-refractivity contribution in [2.45, 2.75) is 32.1 Å². The van der Waals surface area contributed by atoms with E-state index >= 15 is 0 Å². The lowest BCUT2D eigenvalue weighted by Crippen LogP contribution is -2.23. The highest BCUT2D eigenvalue weighted by molar-refractivity contribution is 6.20. The first-order chi connectivity index (χ1) is 5.18. The first-order valence-corrected chi connectivity index (χ1v) is 4.98.